The standard InChI is InChI=1S/C12H22N2O2/c1-2-14(7-10-4-3-5-10)12(6-11(15)16)8-13-9-12/h10,13H,2-9H2,1H3,(H,15,16). The van der Waals surface area contributed by atoms with Crippen LogP contribution in [0.5, 0.6) is 0 Å². The molecule has 4 nitrogen and oxygen atoms in total. The van der Waals surface area contributed by atoms with Crippen LogP contribution in [0.15, 0.2) is 0 Å². The number of nitrogens with one attached hydrogen (secondary N) is 1. The zero-order valence-corrected chi connectivity index (χ0v) is 10.0. The normalized spacial score (nSPS) is 23.9. The van der Waals surface area contributed by atoms with Crippen LogP contribution in [0.1, 0.15) is 32.6 Å². The highest BCUT2D eigenvalue weighted by Gasteiger charge is 2.44. The molecule has 2 N–H and O–H groups in total. The molecular formula is C12H22N2O2. The highest BCUT2D eigenvalue weighted by molar-refractivity contribution is 5.68. The van der Waals surface area contributed by atoms with Gasteiger partial charge in [0.15, 0.2) is 0 Å². The summed E-state index contributed by atoms with van der Waals surface area (Å²) in [6.45, 7) is 5.86. The number of carboxylic acid groups (broad SMARTS) is 1. The van der Waals surface area contributed by atoms with E-state index in [0.29, 0.717) is 0 Å². The number of rotatable bonds is 6. The van der Waals surface area contributed by atoms with Crippen LogP contribution >= 0.6 is 0 Å². The quantitative estimate of drug-likeness (QED) is 0.707. The number of aliphatic carboxylic acids is 1. The van der Waals surface area contributed by atoms with Crippen molar-refractivity contribution < 1.29 is 9.90 Å². The van der Waals surface area contributed by atoms with Crippen LogP contribution in [0.25, 0.3) is 0 Å². The van der Waals surface area contributed by atoms with E-state index in [1.165, 1.54) is 19.3 Å². The Bertz CT molecular complexity index is 260. The molecule has 4 heteroatoms. The number of carbonyl (C=O) groups is 1. The molecule has 2 fully saturated rings. The number of likely N-dealkylation sites (N-methyl/N-ethyl adjacent to an activating group) is 1. The minimum absolute atomic E-state index is 0.101. The van der Waals surface area contributed by atoms with Gasteiger partial charge in [-0.1, -0.05) is 13.3 Å². The van der Waals surface area contributed by atoms with Gasteiger partial charge in [0.25, 0.3) is 0 Å². The van der Waals surface area contributed by atoms with E-state index in [-0.39, 0.29) is 12.0 Å². The summed E-state index contributed by atoms with van der Waals surface area (Å²) in [4.78, 5) is 13.3. The van der Waals surface area contributed by atoms with Crippen LogP contribution in [0.4, 0.5) is 0 Å². The smallest absolute Gasteiger partial charge is 0.305 e. The average Bonchev–Trinajstić information content (AvgIpc) is 2.10. The molecule has 0 aromatic rings. The van der Waals surface area contributed by atoms with E-state index >= 15 is 0 Å². The molecule has 1 saturated carbocycles. The number of carboxylic acids is 1. The SMILES string of the molecule is CCN(CC1CCC1)C1(CC(=O)O)CNC1. The highest BCUT2D eigenvalue weighted by atomic mass is 16.4. The lowest BCUT2D eigenvalue weighted by Gasteiger charge is -2.51. The minimum atomic E-state index is -0.673. The van der Waals surface area contributed by atoms with Gasteiger partial charge in [-0.15, -0.1) is 0 Å². The van der Waals surface area contributed by atoms with Crippen LogP contribution in [-0.4, -0.2) is 47.7 Å². The van der Waals surface area contributed by atoms with Crippen molar-refractivity contribution in [2.45, 2.75) is 38.1 Å². The maximum absolute atomic E-state index is 10.9. The summed E-state index contributed by atoms with van der Waals surface area (Å²) in [7, 11) is 0. The van der Waals surface area contributed by atoms with Gasteiger partial charge in [-0.25, -0.2) is 0 Å². The zero-order valence-electron chi connectivity index (χ0n) is 10.0. The van der Waals surface area contributed by atoms with E-state index in [1.807, 2.05) is 0 Å². The first kappa shape index (κ1) is 11.9. The summed E-state index contributed by atoms with van der Waals surface area (Å²) < 4.78 is 0. The second kappa shape index (κ2) is 4.72. The van der Waals surface area contributed by atoms with Crippen molar-refractivity contribution in [3.63, 3.8) is 0 Å². The number of hydrogen-bond acceptors (Lipinski definition) is 3. The molecule has 92 valence electrons. The molecule has 1 saturated heterocycles. The summed E-state index contributed by atoms with van der Waals surface area (Å²) in [5.41, 5.74) is -0.101. The van der Waals surface area contributed by atoms with Crippen molar-refractivity contribution >= 4 is 5.97 Å². The maximum Gasteiger partial charge on any atom is 0.305 e. The Morgan fingerprint density at radius 1 is 1.50 bits per heavy atom. The van der Waals surface area contributed by atoms with Crippen molar-refractivity contribution in [3.8, 4) is 0 Å². The molecule has 0 unspecified atom stereocenters. The second-order valence-corrected chi connectivity index (χ2v) is 5.23. The Morgan fingerprint density at radius 2 is 2.19 bits per heavy atom. The molecule has 1 aliphatic heterocycles. The van der Waals surface area contributed by atoms with Crippen molar-refractivity contribution in [2.24, 2.45) is 5.92 Å². The molecular weight excluding hydrogens is 204 g/mol. The molecule has 2 aliphatic rings. The summed E-state index contributed by atoms with van der Waals surface area (Å²) in [6, 6.07) is 0. The summed E-state index contributed by atoms with van der Waals surface area (Å²) in [5.74, 6) is 0.139. The van der Waals surface area contributed by atoms with Crippen LogP contribution in [-0.2, 0) is 4.79 Å². The highest BCUT2D eigenvalue weighted by Crippen LogP contribution is 2.32. The molecule has 1 aliphatic carbocycles. The predicted octanol–water partition coefficient (Wildman–Crippen LogP) is 0.925. The Balaban J connectivity index is 1.95. The van der Waals surface area contributed by atoms with E-state index in [2.05, 4.69) is 17.1 Å². The Hall–Kier alpha value is -0.610. The predicted molar refractivity (Wildman–Crippen MR) is 62.4 cm³/mol. The van der Waals surface area contributed by atoms with E-state index in [0.717, 1.165) is 32.1 Å². The van der Waals surface area contributed by atoms with Crippen molar-refractivity contribution in [1.82, 2.24) is 10.2 Å². The lowest BCUT2D eigenvalue weighted by atomic mass is 9.81. The average molecular weight is 226 g/mol. The largest absolute Gasteiger partial charge is 0.481 e. The fourth-order valence-corrected chi connectivity index (χ4v) is 2.80. The molecule has 16 heavy (non-hydrogen) atoms. The molecule has 0 amide bonds. The van der Waals surface area contributed by atoms with Gasteiger partial charge in [0, 0.05) is 19.6 Å². The van der Waals surface area contributed by atoms with E-state index in [1.54, 1.807) is 0 Å². The fourth-order valence-electron chi connectivity index (χ4n) is 2.80. The lowest BCUT2D eigenvalue weighted by molar-refractivity contribution is -0.142. The molecule has 1 heterocycles. The van der Waals surface area contributed by atoms with Crippen LogP contribution in [0, 0.1) is 5.92 Å². The van der Waals surface area contributed by atoms with Crippen molar-refractivity contribution in [2.75, 3.05) is 26.2 Å². The van der Waals surface area contributed by atoms with Gasteiger partial charge in [-0.05, 0) is 25.3 Å². The first-order valence-corrected chi connectivity index (χ1v) is 6.34. The van der Waals surface area contributed by atoms with Gasteiger partial charge in [0.2, 0.25) is 0 Å². The van der Waals surface area contributed by atoms with Gasteiger partial charge < -0.3 is 10.4 Å². The Morgan fingerprint density at radius 3 is 2.50 bits per heavy atom. The Kier molecular flexibility index (Phi) is 3.50. The van der Waals surface area contributed by atoms with Crippen molar-refractivity contribution in [1.29, 1.82) is 0 Å². The van der Waals surface area contributed by atoms with Gasteiger partial charge in [0.05, 0.1) is 12.0 Å². The van der Waals surface area contributed by atoms with Gasteiger partial charge >= 0.3 is 5.97 Å². The first-order chi connectivity index (χ1) is 7.66. The molecule has 0 radical (unpaired) electrons. The molecule has 0 spiro atoms. The molecule has 2 rings (SSSR count). The third-order valence-corrected chi connectivity index (χ3v) is 4.14. The molecule has 0 aromatic heterocycles. The van der Waals surface area contributed by atoms with Crippen LogP contribution in [0.3, 0.4) is 0 Å². The fraction of sp³-hybridized carbons (Fsp3) is 0.917. The monoisotopic (exact) mass is 226 g/mol. The number of nitrogens with zero attached hydrogens (tertiary/aromatic N) is 1. The molecule has 0 aromatic carbocycles. The van der Waals surface area contributed by atoms with Crippen LogP contribution in [0.2, 0.25) is 0 Å². The first-order valence-electron chi connectivity index (χ1n) is 6.34. The van der Waals surface area contributed by atoms with Gasteiger partial charge in [-0.3, -0.25) is 9.69 Å². The van der Waals surface area contributed by atoms with E-state index < -0.39 is 5.97 Å². The third-order valence-electron chi connectivity index (χ3n) is 4.14. The van der Waals surface area contributed by atoms with Gasteiger partial charge in [-0.2, -0.15) is 0 Å². The van der Waals surface area contributed by atoms with Crippen LogP contribution < -0.4 is 5.32 Å². The van der Waals surface area contributed by atoms with E-state index in [9.17, 15) is 4.79 Å². The molecule has 0 bridgehead atoms. The third kappa shape index (κ3) is 2.23. The lowest BCUT2D eigenvalue weighted by Crippen LogP contribution is -2.70. The topological polar surface area (TPSA) is 52.6 Å². The summed E-state index contributed by atoms with van der Waals surface area (Å²) in [6.07, 6.45) is 4.28. The van der Waals surface area contributed by atoms with E-state index in [4.69, 9.17) is 5.11 Å². The van der Waals surface area contributed by atoms with Gasteiger partial charge in [0.1, 0.15) is 0 Å². The summed E-state index contributed by atoms with van der Waals surface area (Å²) in [5, 5.41) is 12.2. The number of hydrogen-bond donors (Lipinski definition) is 2. The zero-order chi connectivity index (χ0) is 11.6. The summed E-state index contributed by atoms with van der Waals surface area (Å²) >= 11 is 0. The second-order valence-electron chi connectivity index (χ2n) is 5.23. The molecule has 0 atom stereocenters. The minimum Gasteiger partial charge on any atom is -0.481 e. The maximum atomic E-state index is 10.9. The Labute approximate surface area is 97.0 Å². The van der Waals surface area contributed by atoms with Crippen molar-refractivity contribution in [3.05, 3.63) is 0 Å².